The van der Waals surface area contributed by atoms with Crippen molar-refractivity contribution in [3.05, 3.63) is 59.6 Å². The number of likely N-dealkylation sites (tertiary alicyclic amines) is 1. The van der Waals surface area contributed by atoms with Crippen LogP contribution in [0, 0.1) is 0 Å². The molecule has 0 radical (unpaired) electrons. The number of thioether (sulfide) groups is 1. The van der Waals surface area contributed by atoms with E-state index >= 15 is 0 Å². The highest BCUT2D eigenvalue weighted by Gasteiger charge is 2.29. The summed E-state index contributed by atoms with van der Waals surface area (Å²) in [5.74, 6) is 0.601. The molecule has 0 spiro atoms. The molecular formula is C21H22N2OS2. The van der Waals surface area contributed by atoms with Crippen LogP contribution in [0.2, 0.25) is 0 Å². The second-order valence-corrected chi connectivity index (χ2v) is 9.19. The van der Waals surface area contributed by atoms with Gasteiger partial charge in [0.25, 0.3) is 0 Å². The number of carbonyl (C=O) groups is 1. The van der Waals surface area contributed by atoms with Crippen molar-refractivity contribution in [3.8, 4) is 0 Å². The molecule has 2 heterocycles. The van der Waals surface area contributed by atoms with E-state index in [9.17, 15) is 4.79 Å². The predicted molar refractivity (Wildman–Crippen MR) is 110 cm³/mol. The molecule has 134 valence electrons. The Labute approximate surface area is 162 Å². The number of amides is 1. The molecule has 1 aliphatic rings. The topological polar surface area (TPSA) is 33.2 Å². The summed E-state index contributed by atoms with van der Waals surface area (Å²) in [5.41, 5.74) is 1.07. The molecule has 5 heteroatoms. The van der Waals surface area contributed by atoms with Crippen LogP contribution in [-0.4, -0.2) is 34.1 Å². The molecule has 1 amide bonds. The summed E-state index contributed by atoms with van der Waals surface area (Å²) in [6.07, 6.45) is 2.17. The number of fused-ring (bicyclic) bond motifs is 1. The molecule has 1 fully saturated rings. The number of para-hydroxylation sites is 1. The summed E-state index contributed by atoms with van der Waals surface area (Å²) in [6, 6.07) is 18.5. The molecule has 3 aromatic rings. The molecule has 2 aromatic carbocycles. The molecule has 0 N–H and O–H groups in total. The van der Waals surface area contributed by atoms with Crippen molar-refractivity contribution >= 4 is 39.2 Å². The Kier molecular flexibility index (Phi) is 5.27. The van der Waals surface area contributed by atoms with E-state index in [1.54, 1.807) is 23.1 Å². The van der Waals surface area contributed by atoms with E-state index in [4.69, 9.17) is 4.98 Å². The van der Waals surface area contributed by atoms with Crippen molar-refractivity contribution < 1.29 is 4.79 Å². The molecule has 26 heavy (non-hydrogen) atoms. The maximum absolute atomic E-state index is 12.9. The Hall–Kier alpha value is -1.85. The summed E-state index contributed by atoms with van der Waals surface area (Å²) in [4.78, 5) is 20.9. The highest BCUT2D eigenvalue weighted by atomic mass is 32.2. The van der Waals surface area contributed by atoms with Crippen LogP contribution in [0.5, 0.6) is 0 Å². The number of thiazole rings is 1. The van der Waals surface area contributed by atoms with Crippen LogP contribution in [0.1, 0.15) is 30.7 Å². The van der Waals surface area contributed by atoms with Gasteiger partial charge in [0.2, 0.25) is 5.91 Å². The van der Waals surface area contributed by atoms with Crippen molar-refractivity contribution in [3.63, 3.8) is 0 Å². The third-order valence-electron chi connectivity index (χ3n) is 4.80. The summed E-state index contributed by atoms with van der Waals surface area (Å²) >= 11 is 3.42. The van der Waals surface area contributed by atoms with Gasteiger partial charge in [0.1, 0.15) is 0 Å². The quantitative estimate of drug-likeness (QED) is 0.583. The molecule has 3 nitrogen and oxygen atoms in total. The molecule has 0 aliphatic carbocycles. The van der Waals surface area contributed by atoms with Crippen molar-refractivity contribution in [1.29, 1.82) is 0 Å². The number of nitrogens with zero attached hydrogens (tertiary/aromatic N) is 2. The molecule has 0 unspecified atom stereocenters. The summed E-state index contributed by atoms with van der Waals surface area (Å²) in [7, 11) is 0. The van der Waals surface area contributed by atoms with Gasteiger partial charge in [-0.25, -0.2) is 4.98 Å². The Morgan fingerprint density at radius 3 is 2.77 bits per heavy atom. The standard InChI is InChI=1S/C21H22N2OS2/c1-15(25-17-9-3-2-4-10-17)21(24)23-13-7-8-16(14-23)20-22-18-11-5-6-12-19(18)26-20/h2-6,9-12,15-16H,7-8,13-14H2,1H3/t15-,16-/m1/s1. The van der Waals surface area contributed by atoms with Gasteiger partial charge in [0.05, 0.1) is 20.5 Å². The van der Waals surface area contributed by atoms with E-state index < -0.39 is 0 Å². The van der Waals surface area contributed by atoms with Crippen LogP contribution >= 0.6 is 23.1 Å². The Morgan fingerprint density at radius 1 is 1.19 bits per heavy atom. The Balaban J connectivity index is 1.44. The fraction of sp³-hybridized carbons (Fsp3) is 0.333. The van der Waals surface area contributed by atoms with Crippen molar-refractivity contribution in [1.82, 2.24) is 9.88 Å². The van der Waals surface area contributed by atoms with Gasteiger partial charge in [-0.3, -0.25) is 4.79 Å². The van der Waals surface area contributed by atoms with Gasteiger partial charge in [-0.15, -0.1) is 23.1 Å². The first-order valence-electron chi connectivity index (χ1n) is 9.06. The van der Waals surface area contributed by atoms with Gasteiger partial charge < -0.3 is 4.90 Å². The third-order valence-corrected chi connectivity index (χ3v) is 7.09. The Morgan fingerprint density at radius 2 is 1.96 bits per heavy atom. The fourth-order valence-electron chi connectivity index (χ4n) is 3.45. The maximum Gasteiger partial charge on any atom is 0.235 e. The molecule has 2 atom stereocenters. The van der Waals surface area contributed by atoms with Gasteiger partial charge >= 0.3 is 0 Å². The number of hydrogen-bond acceptors (Lipinski definition) is 4. The van der Waals surface area contributed by atoms with E-state index in [1.807, 2.05) is 36.1 Å². The van der Waals surface area contributed by atoms with Crippen molar-refractivity contribution in [2.24, 2.45) is 0 Å². The highest BCUT2D eigenvalue weighted by molar-refractivity contribution is 8.00. The number of rotatable bonds is 4. The van der Waals surface area contributed by atoms with Crippen LogP contribution in [0.4, 0.5) is 0 Å². The van der Waals surface area contributed by atoms with Crippen LogP contribution < -0.4 is 0 Å². The second kappa shape index (κ2) is 7.80. The van der Waals surface area contributed by atoms with Crippen LogP contribution in [0.3, 0.4) is 0 Å². The number of piperidine rings is 1. The summed E-state index contributed by atoms with van der Waals surface area (Å²) in [6.45, 7) is 3.67. The van der Waals surface area contributed by atoms with Gasteiger partial charge in [-0.2, -0.15) is 0 Å². The normalized spacial score (nSPS) is 18.8. The average Bonchev–Trinajstić information content (AvgIpc) is 3.12. The first kappa shape index (κ1) is 17.6. The van der Waals surface area contributed by atoms with Crippen molar-refractivity contribution in [2.75, 3.05) is 13.1 Å². The maximum atomic E-state index is 12.9. The molecule has 4 rings (SSSR count). The SMILES string of the molecule is C[C@@H](Sc1ccccc1)C(=O)N1CCC[C@@H](c2nc3ccccc3s2)C1. The number of aromatic nitrogens is 1. The van der Waals surface area contributed by atoms with Crippen molar-refractivity contribution in [2.45, 2.75) is 35.8 Å². The first-order chi connectivity index (χ1) is 12.7. The zero-order chi connectivity index (χ0) is 17.9. The largest absolute Gasteiger partial charge is 0.341 e. The number of benzene rings is 2. The predicted octanol–water partition coefficient (Wildman–Crippen LogP) is 5.18. The fourth-order valence-corrected chi connectivity index (χ4v) is 5.52. The van der Waals surface area contributed by atoms with E-state index in [0.29, 0.717) is 5.92 Å². The lowest BCUT2D eigenvalue weighted by atomic mass is 9.98. The van der Waals surface area contributed by atoms with E-state index in [-0.39, 0.29) is 11.2 Å². The average molecular weight is 383 g/mol. The second-order valence-electron chi connectivity index (χ2n) is 6.72. The zero-order valence-corrected chi connectivity index (χ0v) is 16.4. The van der Waals surface area contributed by atoms with E-state index in [0.717, 1.165) is 36.3 Å². The monoisotopic (exact) mass is 382 g/mol. The van der Waals surface area contributed by atoms with Gasteiger partial charge in [-0.1, -0.05) is 30.3 Å². The molecular weight excluding hydrogens is 360 g/mol. The molecule has 1 saturated heterocycles. The molecule has 0 bridgehead atoms. The minimum absolute atomic E-state index is 0.0634. The lowest BCUT2D eigenvalue weighted by Crippen LogP contribution is -2.42. The smallest absolute Gasteiger partial charge is 0.235 e. The molecule has 1 aliphatic heterocycles. The Bertz CT molecular complexity index is 860. The summed E-state index contributed by atoms with van der Waals surface area (Å²) in [5, 5.41) is 1.11. The minimum Gasteiger partial charge on any atom is -0.341 e. The van der Waals surface area contributed by atoms with Gasteiger partial charge in [0, 0.05) is 23.9 Å². The third kappa shape index (κ3) is 3.79. The summed E-state index contributed by atoms with van der Waals surface area (Å²) < 4.78 is 1.24. The van der Waals surface area contributed by atoms with E-state index in [2.05, 4.69) is 30.3 Å². The number of hydrogen-bond donors (Lipinski definition) is 0. The van der Waals surface area contributed by atoms with Crippen LogP contribution in [-0.2, 0) is 4.79 Å². The lowest BCUT2D eigenvalue weighted by molar-refractivity contribution is -0.131. The van der Waals surface area contributed by atoms with Crippen LogP contribution in [0.15, 0.2) is 59.5 Å². The van der Waals surface area contributed by atoms with E-state index in [1.165, 1.54) is 9.71 Å². The lowest BCUT2D eigenvalue weighted by Gasteiger charge is -2.33. The molecule has 0 saturated carbocycles. The number of carbonyl (C=O) groups excluding carboxylic acids is 1. The zero-order valence-electron chi connectivity index (χ0n) is 14.8. The van der Waals surface area contributed by atoms with Gasteiger partial charge in [-0.05, 0) is 44.0 Å². The highest BCUT2D eigenvalue weighted by Crippen LogP contribution is 2.34. The first-order valence-corrected chi connectivity index (χ1v) is 10.8. The van der Waals surface area contributed by atoms with Crippen LogP contribution in [0.25, 0.3) is 10.2 Å². The molecule has 1 aromatic heterocycles. The van der Waals surface area contributed by atoms with Gasteiger partial charge in [0.15, 0.2) is 0 Å². The minimum atomic E-state index is -0.0634.